The van der Waals surface area contributed by atoms with E-state index in [1.165, 1.54) is 23.9 Å². The van der Waals surface area contributed by atoms with E-state index in [-0.39, 0.29) is 0 Å². The number of nitrogens with zero attached hydrogens (tertiary/aromatic N) is 1. The minimum Gasteiger partial charge on any atom is -0.372 e. The monoisotopic (exact) mass is 435 g/mol. The molecule has 2 nitrogen and oxygen atoms in total. The average molecular weight is 435 g/mol. The number of halogens is 6. The molecule has 0 N–H and O–H groups in total. The van der Waals surface area contributed by atoms with Gasteiger partial charge in [-0.25, -0.2) is 0 Å². The molecule has 1 saturated heterocycles. The summed E-state index contributed by atoms with van der Waals surface area (Å²) in [5, 5.41) is 0. The minimum absolute atomic E-state index is 0.354. The van der Waals surface area contributed by atoms with Crippen LogP contribution in [0.3, 0.4) is 0 Å². The summed E-state index contributed by atoms with van der Waals surface area (Å²) in [4.78, 5) is 4.42. The van der Waals surface area contributed by atoms with E-state index in [2.05, 4.69) is 4.98 Å². The number of pyridine rings is 1. The summed E-state index contributed by atoms with van der Waals surface area (Å²) in [6.07, 6.45) is -6.87. The maximum absolute atomic E-state index is 13.0. The number of ether oxygens (including phenoxy) is 1. The summed E-state index contributed by atoms with van der Waals surface area (Å²) in [6, 6.07) is 7.44. The lowest BCUT2D eigenvalue weighted by atomic mass is 9.90. The lowest BCUT2D eigenvalue weighted by Gasteiger charge is -2.40. The Bertz CT molecular complexity index is 836. The second kappa shape index (κ2) is 8.18. The lowest BCUT2D eigenvalue weighted by molar-refractivity contribution is -0.138. The third-order valence-electron chi connectivity index (χ3n) is 5.02. The first-order chi connectivity index (χ1) is 13.5. The minimum atomic E-state index is -4.47. The van der Waals surface area contributed by atoms with Crippen LogP contribution in [0, 0.1) is 0 Å². The molecule has 1 fully saturated rings. The van der Waals surface area contributed by atoms with Gasteiger partial charge in [-0.05, 0) is 49.6 Å². The second-order valence-corrected chi connectivity index (χ2v) is 8.49. The molecule has 3 rings (SSSR count). The molecule has 1 aromatic heterocycles. The molecule has 0 bridgehead atoms. The highest BCUT2D eigenvalue weighted by Crippen LogP contribution is 2.48. The van der Waals surface area contributed by atoms with Crippen molar-refractivity contribution in [2.24, 2.45) is 0 Å². The third kappa shape index (κ3) is 5.25. The summed E-state index contributed by atoms with van der Waals surface area (Å²) in [6.45, 7) is 2.30. The molecule has 0 saturated carbocycles. The van der Waals surface area contributed by atoms with Gasteiger partial charge in [-0.3, -0.25) is 4.98 Å². The van der Waals surface area contributed by atoms with Gasteiger partial charge in [-0.1, -0.05) is 13.0 Å². The summed E-state index contributed by atoms with van der Waals surface area (Å²) < 4.78 is 82.6. The SMILES string of the molecule is CCC1(Sc2cccc(C(F)(F)F)c2)CCOC(c2ccc(C(F)(F)F)cn2)C1. The molecule has 0 radical (unpaired) electrons. The Morgan fingerprint density at radius 2 is 1.79 bits per heavy atom. The Morgan fingerprint density at radius 3 is 2.38 bits per heavy atom. The van der Waals surface area contributed by atoms with Crippen LogP contribution in [0.5, 0.6) is 0 Å². The van der Waals surface area contributed by atoms with E-state index in [1.54, 1.807) is 6.07 Å². The molecule has 1 aromatic carbocycles. The summed E-state index contributed by atoms with van der Waals surface area (Å²) in [5.41, 5.74) is -1.15. The van der Waals surface area contributed by atoms with Crippen LogP contribution < -0.4 is 0 Å². The first kappa shape index (κ1) is 22.0. The highest BCUT2D eigenvalue weighted by molar-refractivity contribution is 8.00. The number of hydrogen-bond donors (Lipinski definition) is 0. The molecule has 0 spiro atoms. The molecule has 2 heterocycles. The molecule has 2 atom stereocenters. The maximum Gasteiger partial charge on any atom is 0.417 e. The fraction of sp³-hybridized carbons (Fsp3) is 0.450. The number of alkyl halides is 6. The topological polar surface area (TPSA) is 22.1 Å². The molecule has 2 unspecified atom stereocenters. The Balaban J connectivity index is 1.80. The Hall–Kier alpha value is -1.74. The van der Waals surface area contributed by atoms with Crippen LogP contribution in [0.4, 0.5) is 26.3 Å². The zero-order valence-corrected chi connectivity index (χ0v) is 16.3. The molecule has 1 aliphatic rings. The molecule has 0 aliphatic carbocycles. The van der Waals surface area contributed by atoms with Crippen LogP contribution >= 0.6 is 11.8 Å². The van der Waals surface area contributed by atoms with E-state index in [9.17, 15) is 26.3 Å². The van der Waals surface area contributed by atoms with Crippen molar-refractivity contribution in [2.45, 2.75) is 54.3 Å². The van der Waals surface area contributed by atoms with E-state index in [0.717, 1.165) is 24.4 Å². The fourth-order valence-electron chi connectivity index (χ4n) is 3.31. The normalized spacial score (nSPS) is 23.2. The maximum atomic E-state index is 13.0. The van der Waals surface area contributed by atoms with Gasteiger partial charge in [-0.2, -0.15) is 26.3 Å². The highest BCUT2D eigenvalue weighted by Gasteiger charge is 2.39. The van der Waals surface area contributed by atoms with E-state index in [1.807, 2.05) is 6.92 Å². The molecule has 29 heavy (non-hydrogen) atoms. The number of hydrogen-bond acceptors (Lipinski definition) is 3. The van der Waals surface area contributed by atoms with Gasteiger partial charge in [0.15, 0.2) is 0 Å². The number of rotatable bonds is 4. The molecular weight excluding hydrogens is 416 g/mol. The van der Waals surface area contributed by atoms with Crippen LogP contribution in [-0.2, 0) is 17.1 Å². The van der Waals surface area contributed by atoms with Crippen molar-refractivity contribution in [1.29, 1.82) is 0 Å². The zero-order chi connectivity index (χ0) is 21.3. The smallest absolute Gasteiger partial charge is 0.372 e. The zero-order valence-electron chi connectivity index (χ0n) is 15.5. The quantitative estimate of drug-likeness (QED) is 0.487. The Labute approximate surface area is 168 Å². The molecule has 158 valence electrons. The van der Waals surface area contributed by atoms with Crippen molar-refractivity contribution < 1.29 is 31.1 Å². The van der Waals surface area contributed by atoms with Crippen molar-refractivity contribution in [2.75, 3.05) is 6.61 Å². The van der Waals surface area contributed by atoms with Gasteiger partial charge in [0.05, 0.1) is 16.8 Å². The van der Waals surface area contributed by atoms with Gasteiger partial charge in [0.2, 0.25) is 0 Å². The van der Waals surface area contributed by atoms with E-state index < -0.39 is 34.3 Å². The van der Waals surface area contributed by atoms with E-state index in [4.69, 9.17) is 4.74 Å². The number of benzene rings is 1. The average Bonchev–Trinajstić information content (AvgIpc) is 2.67. The van der Waals surface area contributed by atoms with Crippen molar-refractivity contribution in [1.82, 2.24) is 4.98 Å². The predicted molar refractivity (Wildman–Crippen MR) is 97.5 cm³/mol. The van der Waals surface area contributed by atoms with Gasteiger partial charge in [-0.15, -0.1) is 11.8 Å². The highest BCUT2D eigenvalue weighted by atomic mass is 32.2. The third-order valence-corrected chi connectivity index (χ3v) is 6.60. The summed E-state index contributed by atoms with van der Waals surface area (Å²) >= 11 is 1.36. The lowest BCUT2D eigenvalue weighted by Crippen LogP contribution is -2.34. The first-order valence-electron chi connectivity index (χ1n) is 9.03. The van der Waals surface area contributed by atoms with Gasteiger partial charge >= 0.3 is 12.4 Å². The predicted octanol–water partition coefficient (Wildman–Crippen LogP) is 6.91. The van der Waals surface area contributed by atoms with Gasteiger partial charge in [0.1, 0.15) is 6.10 Å². The largest absolute Gasteiger partial charge is 0.417 e. The molecule has 9 heteroatoms. The summed E-state index contributed by atoms with van der Waals surface area (Å²) in [7, 11) is 0. The molecule has 1 aliphatic heterocycles. The standard InChI is InChI=1S/C20H19F6NOS/c1-2-18(29-15-5-3-4-13(10-15)19(21,22)23)8-9-28-17(11-18)16-7-6-14(12-27-16)20(24,25)26/h3-7,10,12,17H,2,8-9,11H2,1H3. The molecular formula is C20H19F6NOS. The van der Waals surface area contributed by atoms with Crippen molar-refractivity contribution in [3.8, 4) is 0 Å². The van der Waals surface area contributed by atoms with Gasteiger partial charge in [0, 0.05) is 22.4 Å². The van der Waals surface area contributed by atoms with Gasteiger partial charge < -0.3 is 4.74 Å². The van der Waals surface area contributed by atoms with Crippen LogP contribution in [0.2, 0.25) is 0 Å². The van der Waals surface area contributed by atoms with Crippen molar-refractivity contribution in [3.63, 3.8) is 0 Å². The van der Waals surface area contributed by atoms with Crippen LogP contribution in [0.15, 0.2) is 47.5 Å². The number of thioether (sulfide) groups is 1. The number of aromatic nitrogens is 1. The van der Waals surface area contributed by atoms with Crippen molar-refractivity contribution >= 4 is 11.8 Å². The van der Waals surface area contributed by atoms with Gasteiger partial charge in [0.25, 0.3) is 0 Å². The van der Waals surface area contributed by atoms with Crippen LogP contribution in [0.1, 0.15) is 49.1 Å². The first-order valence-corrected chi connectivity index (χ1v) is 9.85. The van der Waals surface area contributed by atoms with Crippen molar-refractivity contribution in [3.05, 3.63) is 59.4 Å². The molecule has 0 amide bonds. The van der Waals surface area contributed by atoms with Crippen LogP contribution in [0.25, 0.3) is 0 Å². The van der Waals surface area contributed by atoms with E-state index in [0.29, 0.717) is 36.5 Å². The molecule has 2 aromatic rings. The Morgan fingerprint density at radius 1 is 1.07 bits per heavy atom. The second-order valence-electron chi connectivity index (χ2n) is 6.95. The Kier molecular flexibility index (Phi) is 6.19. The van der Waals surface area contributed by atoms with E-state index >= 15 is 0 Å². The fourth-order valence-corrected chi connectivity index (χ4v) is 4.71. The summed E-state index contributed by atoms with van der Waals surface area (Å²) in [5.74, 6) is 0. The van der Waals surface area contributed by atoms with Crippen LogP contribution in [-0.4, -0.2) is 16.3 Å².